The number of benzene rings is 3. The van der Waals surface area contributed by atoms with Gasteiger partial charge in [0.2, 0.25) is 11.8 Å². The fourth-order valence-corrected chi connectivity index (χ4v) is 4.60. The van der Waals surface area contributed by atoms with Gasteiger partial charge in [-0.3, -0.25) is 14.5 Å². The molecule has 0 saturated carbocycles. The topological polar surface area (TPSA) is 99.1 Å². The van der Waals surface area contributed by atoms with Crippen LogP contribution in [-0.2, 0) is 16.0 Å². The highest BCUT2D eigenvalue weighted by atomic mass is 32.2. The molecule has 1 aliphatic rings. The zero-order chi connectivity index (χ0) is 23.9. The molecule has 4 rings (SSSR count). The number of carboxylic acid groups (broad SMARTS) is 1. The number of hydrogen-bond donors (Lipinski definition) is 2. The van der Waals surface area contributed by atoms with Crippen LogP contribution in [0.3, 0.4) is 0 Å². The van der Waals surface area contributed by atoms with Crippen molar-refractivity contribution in [1.29, 1.82) is 0 Å². The maximum absolute atomic E-state index is 13.1. The van der Waals surface area contributed by atoms with Crippen LogP contribution in [-0.4, -0.2) is 44.8 Å². The zero-order valence-electron chi connectivity index (χ0n) is 18.3. The van der Waals surface area contributed by atoms with E-state index in [-0.39, 0.29) is 23.8 Å². The number of nitrogens with one attached hydrogen (secondary N) is 1. The summed E-state index contributed by atoms with van der Waals surface area (Å²) in [6, 6.07) is 25.1. The lowest BCUT2D eigenvalue weighted by Gasteiger charge is -2.32. The van der Waals surface area contributed by atoms with Crippen LogP contribution in [0.2, 0.25) is 0 Å². The van der Waals surface area contributed by atoms with Gasteiger partial charge < -0.3 is 10.4 Å². The van der Waals surface area contributed by atoms with Crippen molar-refractivity contribution in [2.75, 3.05) is 11.9 Å². The molecule has 0 spiro atoms. The van der Waals surface area contributed by atoms with E-state index >= 15 is 0 Å². The highest BCUT2D eigenvalue weighted by Gasteiger charge is 2.35. The van der Waals surface area contributed by atoms with Crippen LogP contribution in [0, 0.1) is 0 Å². The Bertz CT molecular complexity index is 1200. The van der Waals surface area contributed by atoms with Gasteiger partial charge in [0.25, 0.3) is 0 Å². The Morgan fingerprint density at radius 2 is 1.62 bits per heavy atom. The number of thioether (sulfide) groups is 1. The molecule has 0 aromatic heterocycles. The molecule has 0 bridgehead atoms. The van der Waals surface area contributed by atoms with Gasteiger partial charge in [-0.1, -0.05) is 60.3 Å². The fraction of sp³-hybridized carbons (Fsp3) is 0.154. The molecule has 34 heavy (non-hydrogen) atoms. The molecule has 3 aromatic rings. The molecule has 1 fully saturated rings. The first-order chi connectivity index (χ1) is 16.5. The molecule has 2 amide bonds. The summed E-state index contributed by atoms with van der Waals surface area (Å²) in [5.41, 5.74) is 2.42. The second-order valence-electron chi connectivity index (χ2n) is 7.69. The third-order valence-electron chi connectivity index (χ3n) is 5.28. The number of carbonyl (C=O) groups excluding carboxylic acids is 2. The minimum atomic E-state index is -1.04. The molecular weight excluding hydrogens is 450 g/mol. The largest absolute Gasteiger partial charge is 0.478 e. The van der Waals surface area contributed by atoms with Crippen molar-refractivity contribution in [2.45, 2.75) is 18.1 Å². The second-order valence-corrected chi connectivity index (χ2v) is 8.86. The molecule has 1 heterocycles. The normalized spacial score (nSPS) is 16.9. The zero-order valence-corrected chi connectivity index (χ0v) is 19.1. The number of carbonyl (C=O) groups is 3. The fourth-order valence-electron chi connectivity index (χ4n) is 3.48. The van der Waals surface area contributed by atoms with Gasteiger partial charge in [-0.05, 0) is 48.4 Å². The summed E-state index contributed by atoms with van der Waals surface area (Å²) >= 11 is 1.26. The average molecular weight is 474 g/mol. The van der Waals surface area contributed by atoms with Crippen molar-refractivity contribution in [3.8, 4) is 0 Å². The van der Waals surface area contributed by atoms with Gasteiger partial charge in [0, 0.05) is 18.7 Å². The van der Waals surface area contributed by atoms with Crippen molar-refractivity contribution < 1.29 is 19.5 Å². The van der Waals surface area contributed by atoms with E-state index in [1.165, 1.54) is 36.0 Å². The smallest absolute Gasteiger partial charge is 0.335 e. The predicted molar refractivity (Wildman–Crippen MR) is 133 cm³/mol. The summed E-state index contributed by atoms with van der Waals surface area (Å²) in [4.78, 5) is 43.4. The maximum atomic E-state index is 13.1. The van der Waals surface area contributed by atoms with Crippen molar-refractivity contribution in [2.24, 2.45) is 4.99 Å². The van der Waals surface area contributed by atoms with Crippen molar-refractivity contribution >= 4 is 46.1 Å². The number of anilines is 1. The monoisotopic (exact) mass is 473 g/mol. The van der Waals surface area contributed by atoms with E-state index in [1.54, 1.807) is 4.90 Å². The third kappa shape index (κ3) is 5.90. The molecule has 1 aliphatic heterocycles. The van der Waals surface area contributed by atoms with Crippen LogP contribution in [0.25, 0.3) is 0 Å². The van der Waals surface area contributed by atoms with Gasteiger partial charge in [0.1, 0.15) is 5.25 Å². The SMILES string of the molecule is O=C(O)c1ccc(NC(=O)[C@@H]2CC(=O)N(CCc3ccccc3)C(=Nc3ccccc3)S2)cc1. The molecule has 7 nitrogen and oxygen atoms in total. The summed E-state index contributed by atoms with van der Waals surface area (Å²) in [5.74, 6) is -1.53. The molecule has 172 valence electrons. The summed E-state index contributed by atoms with van der Waals surface area (Å²) < 4.78 is 0. The quantitative estimate of drug-likeness (QED) is 0.523. The van der Waals surface area contributed by atoms with Gasteiger partial charge in [0.15, 0.2) is 5.17 Å². The standard InChI is InChI=1S/C26H23N3O4S/c30-23-17-22(24(31)27-21-13-11-19(12-14-21)25(32)33)34-26(28-20-9-5-2-6-10-20)29(23)16-15-18-7-3-1-4-8-18/h1-14,22H,15-17H2,(H,27,31)(H,32,33)/t22-/m0/s1. The van der Waals surface area contributed by atoms with E-state index in [2.05, 4.69) is 10.3 Å². The van der Waals surface area contributed by atoms with Crippen LogP contribution in [0.1, 0.15) is 22.3 Å². The number of amides is 2. The molecule has 0 aliphatic carbocycles. The molecule has 8 heteroatoms. The Labute approximate surface area is 201 Å². The van der Waals surface area contributed by atoms with E-state index in [4.69, 9.17) is 5.11 Å². The first kappa shape index (κ1) is 23.3. The Morgan fingerprint density at radius 1 is 0.971 bits per heavy atom. The number of amidine groups is 1. The second kappa shape index (κ2) is 10.8. The van der Waals surface area contributed by atoms with Crippen LogP contribution < -0.4 is 5.32 Å². The van der Waals surface area contributed by atoms with E-state index in [9.17, 15) is 14.4 Å². The number of para-hydroxylation sites is 1. The number of nitrogens with zero attached hydrogens (tertiary/aromatic N) is 2. The molecule has 1 saturated heterocycles. The average Bonchev–Trinajstić information content (AvgIpc) is 2.85. The lowest BCUT2D eigenvalue weighted by molar-refractivity contribution is -0.129. The highest BCUT2D eigenvalue weighted by molar-refractivity contribution is 8.15. The molecular formula is C26H23N3O4S. The van der Waals surface area contributed by atoms with Gasteiger partial charge in [-0.15, -0.1) is 0 Å². The maximum Gasteiger partial charge on any atom is 0.335 e. The minimum absolute atomic E-state index is 0.0479. The first-order valence-electron chi connectivity index (χ1n) is 10.8. The van der Waals surface area contributed by atoms with E-state index < -0.39 is 11.2 Å². The Kier molecular flexibility index (Phi) is 7.39. The van der Waals surface area contributed by atoms with Crippen LogP contribution in [0.5, 0.6) is 0 Å². The summed E-state index contributed by atoms with van der Waals surface area (Å²) in [7, 11) is 0. The van der Waals surface area contributed by atoms with E-state index in [0.29, 0.717) is 29.5 Å². The third-order valence-corrected chi connectivity index (χ3v) is 6.47. The lowest BCUT2D eigenvalue weighted by Crippen LogP contribution is -2.46. The van der Waals surface area contributed by atoms with Crippen LogP contribution >= 0.6 is 11.8 Å². The van der Waals surface area contributed by atoms with E-state index in [0.717, 1.165) is 5.56 Å². The minimum Gasteiger partial charge on any atom is -0.478 e. The predicted octanol–water partition coefficient (Wildman–Crippen LogP) is 4.59. The van der Waals surface area contributed by atoms with Crippen molar-refractivity contribution in [3.05, 3.63) is 96.1 Å². The van der Waals surface area contributed by atoms with Crippen LogP contribution in [0.4, 0.5) is 11.4 Å². The van der Waals surface area contributed by atoms with E-state index in [1.807, 2.05) is 60.7 Å². The number of hydrogen-bond acceptors (Lipinski definition) is 5. The number of carboxylic acids is 1. The molecule has 3 aromatic carbocycles. The highest BCUT2D eigenvalue weighted by Crippen LogP contribution is 2.30. The van der Waals surface area contributed by atoms with Gasteiger partial charge >= 0.3 is 5.97 Å². The summed E-state index contributed by atoms with van der Waals surface area (Å²) in [5, 5.41) is 11.6. The molecule has 2 N–H and O–H groups in total. The summed E-state index contributed by atoms with van der Waals surface area (Å²) in [6.07, 6.45) is 0.722. The van der Waals surface area contributed by atoms with Gasteiger partial charge in [-0.25, -0.2) is 9.79 Å². The van der Waals surface area contributed by atoms with Gasteiger partial charge in [-0.2, -0.15) is 0 Å². The Hall–Kier alpha value is -3.91. The number of aromatic carboxylic acids is 1. The lowest BCUT2D eigenvalue weighted by atomic mass is 10.1. The molecule has 0 radical (unpaired) electrons. The molecule has 1 atom stereocenters. The van der Waals surface area contributed by atoms with Gasteiger partial charge in [0.05, 0.1) is 11.3 Å². The Balaban J connectivity index is 1.51. The van der Waals surface area contributed by atoms with Crippen LogP contribution in [0.15, 0.2) is 89.9 Å². The Morgan fingerprint density at radius 3 is 2.26 bits per heavy atom. The first-order valence-corrected chi connectivity index (χ1v) is 11.7. The number of rotatable bonds is 7. The number of aliphatic imine (C=N–C) groups is 1. The van der Waals surface area contributed by atoms with Crippen molar-refractivity contribution in [1.82, 2.24) is 4.90 Å². The summed E-state index contributed by atoms with van der Waals surface area (Å²) in [6.45, 7) is 0.465. The van der Waals surface area contributed by atoms with Crippen molar-refractivity contribution in [3.63, 3.8) is 0 Å². The molecule has 0 unspecified atom stereocenters.